The minimum absolute atomic E-state index is 0.171. The molecule has 0 saturated carbocycles. The second-order valence-corrected chi connectivity index (χ2v) is 19.3. The monoisotopic (exact) mass is 959 g/mol. The summed E-state index contributed by atoms with van der Waals surface area (Å²) in [5, 5.41) is 0. The highest BCUT2D eigenvalue weighted by atomic mass is 16.5. The molecular weight excluding hydrogens is 881 g/mol. The average molecular weight is 959 g/mol. The maximum atomic E-state index is 13.4. The molecule has 0 amide bonds. The Kier molecular flexibility index (Phi) is 22.4. The van der Waals surface area contributed by atoms with Gasteiger partial charge in [0.15, 0.2) is 11.6 Å². The van der Waals surface area contributed by atoms with Gasteiger partial charge in [0.25, 0.3) is 0 Å². The first-order valence-electron chi connectivity index (χ1n) is 26.8. The van der Waals surface area contributed by atoms with Crippen LogP contribution >= 0.6 is 0 Å². The van der Waals surface area contributed by atoms with E-state index in [4.69, 9.17) is 34.1 Å². The van der Waals surface area contributed by atoms with Crippen molar-refractivity contribution in [2.24, 2.45) is 0 Å². The molecular formula is C62H78N4O5. The molecule has 0 radical (unpaired) electrons. The Balaban J connectivity index is 1.32. The van der Waals surface area contributed by atoms with Crippen LogP contribution in [0.1, 0.15) is 211 Å². The third kappa shape index (κ3) is 17.1. The summed E-state index contributed by atoms with van der Waals surface area (Å²) in [4.78, 5) is 45.7. The summed E-state index contributed by atoms with van der Waals surface area (Å²) in [7, 11) is 0. The molecule has 9 heteroatoms. The number of rotatable bonds is 30. The van der Waals surface area contributed by atoms with Gasteiger partial charge < -0.3 is 14.2 Å². The van der Waals surface area contributed by atoms with E-state index < -0.39 is 12.2 Å². The molecule has 4 aromatic carbocycles. The summed E-state index contributed by atoms with van der Waals surface area (Å²) in [5.41, 5.74) is 8.58. The van der Waals surface area contributed by atoms with E-state index in [1.807, 2.05) is 111 Å². The lowest BCUT2D eigenvalue weighted by Gasteiger charge is -2.27. The van der Waals surface area contributed by atoms with Crippen molar-refractivity contribution in [3.63, 3.8) is 0 Å². The minimum Gasteiger partial charge on any atom is -0.459 e. The fourth-order valence-electron chi connectivity index (χ4n) is 8.80. The second-order valence-electron chi connectivity index (χ2n) is 19.3. The van der Waals surface area contributed by atoms with Crippen molar-refractivity contribution in [3.8, 4) is 22.8 Å². The number of benzene rings is 4. The maximum absolute atomic E-state index is 13.4. The van der Waals surface area contributed by atoms with Crippen LogP contribution in [-0.4, -0.2) is 44.1 Å². The van der Waals surface area contributed by atoms with Crippen LogP contribution in [0, 0.1) is 0 Å². The second kappa shape index (κ2) is 29.3. The van der Waals surface area contributed by atoms with Gasteiger partial charge in [0, 0.05) is 35.9 Å². The molecule has 2 heterocycles. The van der Waals surface area contributed by atoms with Crippen molar-refractivity contribution < 1.29 is 23.8 Å². The van der Waals surface area contributed by atoms with Gasteiger partial charge in [0.05, 0.1) is 23.3 Å². The molecule has 0 aliphatic heterocycles. The van der Waals surface area contributed by atoms with E-state index >= 15 is 0 Å². The van der Waals surface area contributed by atoms with Crippen LogP contribution in [0.3, 0.4) is 0 Å². The molecule has 6 rings (SSSR count). The van der Waals surface area contributed by atoms with Crippen molar-refractivity contribution in [1.82, 2.24) is 19.9 Å². The number of hydrogen-bond donors (Lipinski definition) is 0. The quantitative estimate of drug-likeness (QED) is 0.0322. The van der Waals surface area contributed by atoms with Gasteiger partial charge in [-0.25, -0.2) is 29.5 Å². The minimum atomic E-state index is -0.583. The van der Waals surface area contributed by atoms with Crippen LogP contribution in [0.15, 0.2) is 122 Å². The number of aromatic nitrogens is 4. The van der Waals surface area contributed by atoms with Crippen molar-refractivity contribution in [1.29, 1.82) is 0 Å². The molecule has 0 N–H and O–H groups in total. The van der Waals surface area contributed by atoms with Crippen LogP contribution in [0.2, 0.25) is 0 Å². The number of hydrogen-bond acceptors (Lipinski definition) is 9. The number of aryl methyl sites for hydroxylation is 2. The standard InChI is InChI=1S/C62H78N4O5/c1-7-11-15-19-21-45(5)69-61(67)55-37-29-51(30-38-55)57(49-25-33-53(34-26-49)59-63-41-47(42-64-59)23-17-13-9-3)71-58(52-31-39-56(40-32-52)62(68)70-46(6)22-20-16-12-8-2)50-27-35-54(36-28-50)60-65-43-48(44-66-60)24-18-14-10-4/h25-46,57-58H,7-24H2,1-6H3. The fourth-order valence-corrected chi connectivity index (χ4v) is 8.80. The number of nitrogens with zero attached hydrogens (tertiary/aromatic N) is 4. The Hall–Kier alpha value is -6.06. The summed E-state index contributed by atoms with van der Waals surface area (Å²) in [6.07, 6.45) is 25.8. The zero-order valence-corrected chi connectivity index (χ0v) is 43.4. The predicted molar refractivity (Wildman–Crippen MR) is 286 cm³/mol. The zero-order valence-electron chi connectivity index (χ0n) is 43.4. The van der Waals surface area contributed by atoms with Crippen LogP contribution < -0.4 is 0 Å². The van der Waals surface area contributed by atoms with Gasteiger partial charge in [-0.15, -0.1) is 0 Å². The Bertz CT molecular complexity index is 2280. The smallest absolute Gasteiger partial charge is 0.338 e. The van der Waals surface area contributed by atoms with E-state index in [2.05, 4.69) is 52.0 Å². The zero-order chi connectivity index (χ0) is 50.2. The lowest BCUT2D eigenvalue weighted by Crippen LogP contribution is -2.16. The lowest BCUT2D eigenvalue weighted by molar-refractivity contribution is 0.0298. The van der Waals surface area contributed by atoms with E-state index in [0.29, 0.717) is 22.8 Å². The van der Waals surface area contributed by atoms with Crippen LogP contribution in [0.4, 0.5) is 0 Å². The highest BCUT2D eigenvalue weighted by Crippen LogP contribution is 2.38. The van der Waals surface area contributed by atoms with E-state index in [1.165, 1.54) is 38.5 Å². The maximum Gasteiger partial charge on any atom is 0.338 e. The number of unbranched alkanes of at least 4 members (excludes halogenated alkanes) is 10. The first-order chi connectivity index (χ1) is 34.7. The molecule has 4 atom stereocenters. The van der Waals surface area contributed by atoms with Gasteiger partial charge in [-0.1, -0.05) is 165 Å². The van der Waals surface area contributed by atoms with Crippen LogP contribution in [0.5, 0.6) is 0 Å². The fraction of sp³-hybridized carbons (Fsp3) is 0.452. The lowest BCUT2D eigenvalue weighted by atomic mass is 9.95. The molecule has 0 bridgehead atoms. The SMILES string of the molecule is CCCCCCC(C)OC(=O)c1ccc(C(OC(c2ccc(C(=O)OC(C)CCCCCC)cc2)c2ccc(-c3ncc(CCCCC)cn3)cc2)c2ccc(-c3ncc(CCCCC)cn3)cc2)cc1. The molecule has 0 fully saturated rings. The molecule has 0 aliphatic rings. The molecule has 0 saturated heterocycles. The number of carbonyl (C=O) groups is 2. The summed E-state index contributed by atoms with van der Waals surface area (Å²) in [6.45, 7) is 12.7. The van der Waals surface area contributed by atoms with E-state index in [-0.39, 0.29) is 24.1 Å². The predicted octanol–water partition coefficient (Wildman–Crippen LogP) is 16.0. The summed E-state index contributed by atoms with van der Waals surface area (Å²) in [6, 6.07) is 31.5. The third-order valence-electron chi connectivity index (χ3n) is 13.2. The summed E-state index contributed by atoms with van der Waals surface area (Å²) < 4.78 is 19.1. The van der Waals surface area contributed by atoms with Crippen molar-refractivity contribution >= 4 is 11.9 Å². The van der Waals surface area contributed by atoms with Gasteiger partial charge in [0.2, 0.25) is 0 Å². The highest BCUT2D eigenvalue weighted by molar-refractivity contribution is 5.90. The van der Waals surface area contributed by atoms with Crippen LogP contribution in [-0.2, 0) is 27.1 Å². The first-order valence-corrected chi connectivity index (χ1v) is 26.8. The number of ether oxygens (including phenoxy) is 3. The van der Waals surface area contributed by atoms with E-state index in [0.717, 1.165) is 122 Å². The highest BCUT2D eigenvalue weighted by Gasteiger charge is 2.26. The van der Waals surface area contributed by atoms with Crippen molar-refractivity contribution in [2.45, 2.75) is 182 Å². The Morgan fingerprint density at radius 1 is 0.408 bits per heavy atom. The molecule has 376 valence electrons. The summed E-state index contributed by atoms with van der Waals surface area (Å²) in [5.74, 6) is 0.646. The molecule has 0 spiro atoms. The Morgan fingerprint density at radius 2 is 0.718 bits per heavy atom. The number of carbonyl (C=O) groups excluding carboxylic acids is 2. The molecule has 0 aliphatic carbocycles. The molecule has 4 unspecified atom stereocenters. The first kappa shape index (κ1) is 54.3. The topological polar surface area (TPSA) is 113 Å². The normalized spacial score (nSPS) is 13.0. The Morgan fingerprint density at radius 3 is 1.04 bits per heavy atom. The summed E-state index contributed by atoms with van der Waals surface area (Å²) >= 11 is 0. The average Bonchev–Trinajstić information content (AvgIpc) is 3.40. The van der Waals surface area contributed by atoms with Gasteiger partial charge in [-0.2, -0.15) is 0 Å². The largest absolute Gasteiger partial charge is 0.459 e. The van der Waals surface area contributed by atoms with E-state index in [9.17, 15) is 9.59 Å². The molecule has 71 heavy (non-hydrogen) atoms. The van der Waals surface area contributed by atoms with Gasteiger partial charge in [-0.3, -0.25) is 0 Å². The molecule has 9 nitrogen and oxygen atoms in total. The van der Waals surface area contributed by atoms with Gasteiger partial charge >= 0.3 is 11.9 Å². The Labute approximate surface area is 424 Å². The van der Waals surface area contributed by atoms with E-state index in [1.54, 1.807) is 0 Å². The number of esters is 2. The molecule has 6 aromatic rings. The van der Waals surface area contributed by atoms with Crippen molar-refractivity contribution in [2.75, 3.05) is 0 Å². The molecule has 2 aromatic heterocycles. The van der Waals surface area contributed by atoms with Gasteiger partial charge in [0.1, 0.15) is 12.2 Å². The van der Waals surface area contributed by atoms with Crippen molar-refractivity contribution in [3.05, 3.63) is 166 Å². The van der Waals surface area contributed by atoms with Crippen LogP contribution in [0.25, 0.3) is 22.8 Å². The third-order valence-corrected chi connectivity index (χ3v) is 13.2. The van der Waals surface area contributed by atoms with Gasteiger partial charge in [-0.05, 0) is 123 Å².